The van der Waals surface area contributed by atoms with Gasteiger partial charge in [-0.15, -0.1) is 12.3 Å². The van der Waals surface area contributed by atoms with Gasteiger partial charge in [-0.05, 0) is 65.1 Å². The number of hydrogen-bond acceptors (Lipinski definition) is 10. The number of benzene rings is 1. The highest BCUT2D eigenvalue weighted by molar-refractivity contribution is 7.44. The third-order valence-corrected chi connectivity index (χ3v) is 10.0. The predicted molar refractivity (Wildman–Crippen MR) is 181 cm³/mol. The molecule has 1 amide bonds. The summed E-state index contributed by atoms with van der Waals surface area (Å²) in [7, 11) is -0.0990. The van der Waals surface area contributed by atoms with E-state index in [1.165, 1.54) is 19.0 Å². The third kappa shape index (κ3) is 8.85. The molecule has 1 saturated heterocycles. The van der Waals surface area contributed by atoms with Crippen LogP contribution in [-0.4, -0.2) is 82.0 Å². The molecule has 1 N–H and O–H groups in total. The lowest BCUT2D eigenvalue weighted by molar-refractivity contribution is -0.121. The number of terminal acetylenes is 1. The molecule has 6 unspecified atom stereocenters. The van der Waals surface area contributed by atoms with Gasteiger partial charge in [-0.3, -0.25) is 14.2 Å². The maximum absolute atomic E-state index is 13.1. The van der Waals surface area contributed by atoms with E-state index in [4.69, 9.17) is 31.1 Å². The summed E-state index contributed by atoms with van der Waals surface area (Å²) in [6.45, 7) is 14.0. The topological polar surface area (TPSA) is 126 Å². The Hall–Kier alpha value is -3.17. The number of Topliss-reactive ketones (excluding diaryl/α,β-unsaturated/α-hetero) is 1. The highest BCUT2D eigenvalue weighted by Gasteiger charge is 2.48. The summed E-state index contributed by atoms with van der Waals surface area (Å²) < 4.78 is 43.1. The number of aliphatic imine (C=N–C) groups is 1. The largest absolute Gasteiger partial charge is 0.484 e. The Kier molecular flexibility index (Phi) is 12.2. The van der Waals surface area contributed by atoms with Crippen LogP contribution in [0.1, 0.15) is 97.8 Å². The lowest BCUT2D eigenvalue weighted by Gasteiger charge is -2.39. The number of nitrogens with zero attached hydrogens (tertiary/aromatic N) is 4. The second-order valence-corrected chi connectivity index (χ2v) is 13.9. The van der Waals surface area contributed by atoms with Gasteiger partial charge >= 0.3 is 0 Å². The normalized spacial score (nSPS) is 22.7. The van der Waals surface area contributed by atoms with Crippen molar-refractivity contribution in [3.05, 3.63) is 41.9 Å². The average Bonchev–Trinajstić information content (AvgIpc) is 3.60. The predicted octanol–water partition coefficient (Wildman–Crippen LogP) is 5.91. The molecule has 6 atom stereocenters. The monoisotopic (exact) mass is 670 g/mol. The number of amides is 1. The van der Waals surface area contributed by atoms with E-state index < -0.39 is 39.0 Å². The Morgan fingerprint density at radius 3 is 2.49 bits per heavy atom. The van der Waals surface area contributed by atoms with E-state index in [-0.39, 0.29) is 61.2 Å². The summed E-state index contributed by atoms with van der Waals surface area (Å²) in [5, 5.41) is 2.70. The maximum Gasteiger partial charge on any atom is 0.263 e. The first kappa shape index (κ1) is 35.1. The first-order chi connectivity index (χ1) is 22.9. The molecule has 1 fully saturated rings. The van der Waals surface area contributed by atoms with E-state index in [0.717, 1.165) is 0 Å². The number of amidine groups is 1. The number of imidazole rings is 1. The molecule has 0 aliphatic carbocycles. The highest BCUT2D eigenvalue weighted by atomic mass is 31.2. The molecule has 13 heteroatoms. The van der Waals surface area contributed by atoms with Gasteiger partial charge in [-0.2, -0.15) is 0 Å². The molecule has 1 aromatic heterocycles. The number of aromatic nitrogens is 2. The fraction of sp³-hybridized carbons (Fsp3) is 0.588. The Balaban J connectivity index is 1.54. The molecule has 1 aromatic carbocycles. The van der Waals surface area contributed by atoms with Crippen LogP contribution < -0.4 is 10.1 Å². The van der Waals surface area contributed by atoms with Crippen LogP contribution in [0.4, 0.5) is 5.82 Å². The molecule has 0 bridgehead atoms. The minimum atomic E-state index is -1.64. The molecule has 2 aromatic rings. The Morgan fingerprint density at radius 1 is 1.19 bits per heavy atom. The number of hydrogen-bond donors (Lipinski definition) is 1. The average molecular weight is 671 g/mol. The molecule has 2 aliphatic heterocycles. The number of carbonyl (C=O) groups excluding carboxylic acids is 2. The Morgan fingerprint density at radius 2 is 1.89 bits per heavy atom. The van der Waals surface area contributed by atoms with Crippen LogP contribution in [0, 0.1) is 12.3 Å². The lowest BCUT2D eigenvalue weighted by atomic mass is 10.0. The summed E-state index contributed by atoms with van der Waals surface area (Å²) in [6, 6.07) is 7.74. The van der Waals surface area contributed by atoms with Gasteiger partial charge < -0.3 is 28.6 Å². The first-order valence-corrected chi connectivity index (χ1v) is 17.0. The zero-order chi connectivity index (χ0) is 35.1. The first-order valence-electron chi connectivity index (χ1n) is 16.6. The second-order valence-electron chi connectivity index (χ2n) is 12.5. The van der Waals surface area contributed by atoms with Crippen molar-refractivity contribution < 1.29 is 34.2 Å². The Bertz CT molecular complexity index is 1470. The Labute approximate surface area is 280 Å². The van der Waals surface area contributed by atoms with Crippen molar-refractivity contribution in [1.29, 1.82) is 0 Å². The van der Waals surface area contributed by atoms with Gasteiger partial charge in [0.25, 0.3) is 14.4 Å². The standard InChI is InChI=1S/C34H48N5O7P/c1-11-12-23(8)45-47(39(21(4)5)22(6)7)46-31-24(9)44-34(32(31)42-10)38-19-35-30-27(40)17-28(37-33(30)38)36-29(41)18-43-26-15-13-25(14-16-26)20(2)3/h1,13-16,19-24,31-32,34H,12,17-18H2,2-10H3,(H,36,37,41)/i9D. The quantitative estimate of drug-likeness (QED) is 0.193. The van der Waals surface area contributed by atoms with Crippen LogP contribution >= 0.6 is 8.53 Å². The summed E-state index contributed by atoms with van der Waals surface area (Å²) in [6.07, 6.45) is 4.11. The van der Waals surface area contributed by atoms with E-state index in [0.29, 0.717) is 18.1 Å². The minimum absolute atomic E-state index is 0.0909. The SMILES string of the molecule is [2H]CC1OC(n2cnc3c2N=C(NC(=O)COc2ccc(C(C)C)cc2)CC3=O)C(OC)C1OP(OC(C)CC#C)N(C(C)C)C(C)C. The number of methoxy groups -OCH3 is 1. The minimum Gasteiger partial charge on any atom is -0.484 e. The molecular weight excluding hydrogens is 621 g/mol. The number of carbonyl (C=O) groups is 2. The van der Waals surface area contributed by atoms with E-state index in [1.807, 2.05) is 31.2 Å². The van der Waals surface area contributed by atoms with Crippen LogP contribution in [-0.2, 0) is 23.3 Å². The fourth-order valence-corrected chi connectivity index (χ4v) is 7.36. The van der Waals surface area contributed by atoms with Gasteiger partial charge in [0, 0.05) is 27.0 Å². The zero-order valence-electron chi connectivity index (χ0n) is 29.5. The van der Waals surface area contributed by atoms with E-state index in [2.05, 4.69) is 67.4 Å². The zero-order valence-corrected chi connectivity index (χ0v) is 29.4. The van der Waals surface area contributed by atoms with E-state index >= 15 is 0 Å². The number of nitrogens with one attached hydrogen (secondary N) is 1. The highest BCUT2D eigenvalue weighted by Crippen LogP contribution is 2.51. The number of ether oxygens (including phenoxy) is 3. The molecule has 3 heterocycles. The van der Waals surface area contributed by atoms with Crippen molar-refractivity contribution in [1.82, 2.24) is 19.5 Å². The second kappa shape index (κ2) is 16.3. The fourth-order valence-electron chi connectivity index (χ4n) is 5.50. The van der Waals surface area contributed by atoms with Gasteiger partial charge in [0.15, 0.2) is 30.1 Å². The van der Waals surface area contributed by atoms with Gasteiger partial charge in [-0.1, -0.05) is 26.0 Å². The smallest absolute Gasteiger partial charge is 0.263 e. The summed E-state index contributed by atoms with van der Waals surface area (Å²) >= 11 is 0. The van der Waals surface area contributed by atoms with E-state index in [9.17, 15) is 9.59 Å². The number of fused-ring (bicyclic) bond motifs is 1. The van der Waals surface area contributed by atoms with Gasteiger partial charge in [0.05, 0.1) is 25.0 Å². The summed E-state index contributed by atoms with van der Waals surface area (Å²) in [4.78, 5) is 34.8. The number of ketones is 1. The maximum atomic E-state index is 13.1. The van der Waals surface area contributed by atoms with Crippen LogP contribution in [0.2, 0.25) is 0 Å². The van der Waals surface area contributed by atoms with Gasteiger partial charge in [0.2, 0.25) is 0 Å². The molecule has 47 heavy (non-hydrogen) atoms. The van der Waals surface area contributed by atoms with Crippen LogP contribution in [0.25, 0.3) is 0 Å². The molecular formula is C34H48N5O7P. The van der Waals surface area contributed by atoms with Crippen LogP contribution in [0.3, 0.4) is 0 Å². The van der Waals surface area contributed by atoms with Crippen molar-refractivity contribution in [2.45, 2.75) is 117 Å². The molecule has 2 aliphatic rings. The van der Waals surface area contributed by atoms with E-state index in [1.54, 1.807) is 4.57 Å². The van der Waals surface area contributed by atoms with Crippen molar-refractivity contribution >= 4 is 31.9 Å². The van der Waals surface area contributed by atoms with Gasteiger partial charge in [-0.25, -0.2) is 14.6 Å². The van der Waals surface area contributed by atoms with Crippen LogP contribution in [0.15, 0.2) is 35.6 Å². The molecule has 12 nitrogen and oxygen atoms in total. The molecule has 0 radical (unpaired) electrons. The van der Waals surface area contributed by atoms with Crippen molar-refractivity contribution in [3.8, 4) is 18.1 Å². The third-order valence-electron chi connectivity index (χ3n) is 7.77. The van der Waals surface area contributed by atoms with Crippen molar-refractivity contribution in [3.63, 3.8) is 0 Å². The van der Waals surface area contributed by atoms with Crippen LogP contribution in [0.5, 0.6) is 5.75 Å². The molecule has 0 spiro atoms. The number of rotatable bonds is 14. The summed E-state index contributed by atoms with van der Waals surface area (Å²) in [5.74, 6) is 3.21. The molecule has 0 saturated carbocycles. The van der Waals surface area contributed by atoms with Crippen molar-refractivity contribution in [2.24, 2.45) is 4.99 Å². The van der Waals surface area contributed by atoms with Gasteiger partial charge in [0.1, 0.15) is 23.8 Å². The molecule has 256 valence electrons. The molecule has 4 rings (SSSR count). The lowest BCUT2D eigenvalue weighted by Crippen LogP contribution is -2.39. The summed E-state index contributed by atoms with van der Waals surface area (Å²) in [5.41, 5.74) is 1.32. The van der Waals surface area contributed by atoms with Crippen molar-refractivity contribution in [2.75, 3.05) is 13.7 Å².